The fourth-order valence-electron chi connectivity index (χ4n) is 1.50. The Balaban J connectivity index is 2.15. The number of anilines is 1. The average molecular weight is 303 g/mol. The molecule has 94 valence electrons. The van der Waals surface area contributed by atoms with Crippen LogP contribution in [-0.2, 0) is 6.54 Å². The summed E-state index contributed by atoms with van der Waals surface area (Å²) in [6.45, 7) is 0.461. The highest BCUT2D eigenvalue weighted by Crippen LogP contribution is 2.31. The summed E-state index contributed by atoms with van der Waals surface area (Å²) in [5, 5.41) is 13.8. The molecule has 0 atom stereocenters. The van der Waals surface area contributed by atoms with Crippen LogP contribution in [0.3, 0.4) is 0 Å². The normalized spacial score (nSPS) is 10.4. The smallest absolute Gasteiger partial charge is 0.115 e. The Hall–Kier alpha value is -1.09. The molecule has 18 heavy (non-hydrogen) atoms. The molecule has 0 aromatic heterocycles. The van der Waals surface area contributed by atoms with Crippen molar-refractivity contribution in [3.05, 3.63) is 57.0 Å². The summed E-state index contributed by atoms with van der Waals surface area (Å²) >= 11 is 18.1. The van der Waals surface area contributed by atoms with Crippen molar-refractivity contribution in [3.63, 3.8) is 0 Å². The van der Waals surface area contributed by atoms with Gasteiger partial charge in [-0.2, -0.15) is 0 Å². The summed E-state index contributed by atoms with van der Waals surface area (Å²) in [6, 6.07) is 10.1. The maximum atomic E-state index is 9.18. The van der Waals surface area contributed by atoms with Crippen LogP contribution in [0.4, 0.5) is 5.69 Å². The molecule has 0 amide bonds. The number of aromatic hydroxyl groups is 1. The van der Waals surface area contributed by atoms with Gasteiger partial charge in [-0.15, -0.1) is 0 Å². The van der Waals surface area contributed by atoms with E-state index in [0.29, 0.717) is 21.6 Å². The first-order valence-electron chi connectivity index (χ1n) is 5.23. The van der Waals surface area contributed by atoms with Gasteiger partial charge in [0.1, 0.15) is 5.75 Å². The molecule has 2 aromatic carbocycles. The van der Waals surface area contributed by atoms with E-state index in [1.165, 1.54) is 0 Å². The monoisotopic (exact) mass is 301 g/mol. The van der Waals surface area contributed by atoms with Gasteiger partial charge in [0, 0.05) is 22.8 Å². The molecule has 0 saturated heterocycles. The SMILES string of the molecule is Oc1ccc(NCc2c(Cl)ccc(Cl)c2Cl)cc1. The first kappa shape index (κ1) is 13.3. The lowest BCUT2D eigenvalue weighted by Gasteiger charge is -2.11. The van der Waals surface area contributed by atoms with E-state index < -0.39 is 0 Å². The Kier molecular flexibility index (Phi) is 4.23. The van der Waals surface area contributed by atoms with Gasteiger partial charge < -0.3 is 10.4 Å². The van der Waals surface area contributed by atoms with E-state index in [4.69, 9.17) is 34.8 Å². The van der Waals surface area contributed by atoms with Crippen LogP contribution in [0.15, 0.2) is 36.4 Å². The predicted octanol–water partition coefficient (Wildman–Crippen LogP) is 4.96. The average Bonchev–Trinajstić information content (AvgIpc) is 2.36. The van der Waals surface area contributed by atoms with E-state index in [1.807, 2.05) is 0 Å². The molecule has 0 heterocycles. The lowest BCUT2D eigenvalue weighted by molar-refractivity contribution is 0.475. The third-order valence-electron chi connectivity index (χ3n) is 2.48. The number of rotatable bonds is 3. The highest BCUT2D eigenvalue weighted by atomic mass is 35.5. The van der Waals surface area contributed by atoms with Gasteiger partial charge in [-0.1, -0.05) is 34.8 Å². The zero-order valence-corrected chi connectivity index (χ0v) is 11.5. The van der Waals surface area contributed by atoms with Crippen molar-refractivity contribution in [3.8, 4) is 5.75 Å². The maximum absolute atomic E-state index is 9.18. The van der Waals surface area contributed by atoms with E-state index in [0.717, 1.165) is 11.3 Å². The van der Waals surface area contributed by atoms with Crippen molar-refractivity contribution in [2.75, 3.05) is 5.32 Å². The Labute approximate surface area is 120 Å². The number of phenolic OH excluding ortho intramolecular Hbond substituents is 1. The molecule has 0 aliphatic rings. The zero-order chi connectivity index (χ0) is 13.1. The molecule has 2 aromatic rings. The third-order valence-corrected chi connectivity index (χ3v) is 3.67. The molecule has 0 radical (unpaired) electrons. The van der Waals surface area contributed by atoms with Crippen molar-refractivity contribution < 1.29 is 5.11 Å². The Morgan fingerprint density at radius 1 is 0.889 bits per heavy atom. The topological polar surface area (TPSA) is 32.3 Å². The molecule has 2 rings (SSSR count). The first-order chi connectivity index (χ1) is 8.58. The lowest BCUT2D eigenvalue weighted by Crippen LogP contribution is -2.01. The van der Waals surface area contributed by atoms with E-state index in [9.17, 15) is 5.11 Å². The second kappa shape index (κ2) is 5.70. The Morgan fingerprint density at radius 2 is 1.50 bits per heavy atom. The summed E-state index contributed by atoms with van der Waals surface area (Å²) < 4.78 is 0. The molecular formula is C13H10Cl3NO. The van der Waals surface area contributed by atoms with Crippen LogP contribution in [0, 0.1) is 0 Å². The number of hydrogen-bond donors (Lipinski definition) is 2. The van der Waals surface area contributed by atoms with Crippen molar-refractivity contribution in [2.24, 2.45) is 0 Å². The highest BCUT2D eigenvalue weighted by Gasteiger charge is 2.09. The molecule has 0 fully saturated rings. The van der Waals surface area contributed by atoms with Gasteiger partial charge in [-0.25, -0.2) is 0 Å². The quantitative estimate of drug-likeness (QED) is 0.620. The van der Waals surface area contributed by atoms with Crippen LogP contribution in [-0.4, -0.2) is 5.11 Å². The van der Waals surface area contributed by atoms with E-state index in [2.05, 4.69) is 5.32 Å². The van der Waals surface area contributed by atoms with Crippen LogP contribution >= 0.6 is 34.8 Å². The second-order valence-corrected chi connectivity index (χ2v) is 4.91. The Morgan fingerprint density at radius 3 is 2.17 bits per heavy atom. The highest BCUT2D eigenvalue weighted by molar-refractivity contribution is 6.44. The van der Waals surface area contributed by atoms with Gasteiger partial charge in [0.05, 0.1) is 10.0 Å². The molecule has 0 unspecified atom stereocenters. The van der Waals surface area contributed by atoms with Crippen molar-refractivity contribution >= 4 is 40.5 Å². The molecule has 0 saturated carbocycles. The van der Waals surface area contributed by atoms with Gasteiger partial charge >= 0.3 is 0 Å². The largest absolute Gasteiger partial charge is 0.508 e. The lowest BCUT2D eigenvalue weighted by atomic mass is 10.2. The van der Waals surface area contributed by atoms with Crippen LogP contribution < -0.4 is 5.32 Å². The summed E-state index contributed by atoms with van der Waals surface area (Å²) in [5.74, 6) is 0.222. The second-order valence-electron chi connectivity index (χ2n) is 3.72. The minimum Gasteiger partial charge on any atom is -0.508 e. The molecule has 0 bridgehead atoms. The molecular weight excluding hydrogens is 293 g/mol. The van der Waals surface area contributed by atoms with Crippen LogP contribution in [0.2, 0.25) is 15.1 Å². The van der Waals surface area contributed by atoms with Crippen molar-refractivity contribution in [1.82, 2.24) is 0 Å². The van der Waals surface area contributed by atoms with Crippen molar-refractivity contribution in [2.45, 2.75) is 6.54 Å². The molecule has 0 spiro atoms. The number of benzene rings is 2. The van der Waals surface area contributed by atoms with E-state index >= 15 is 0 Å². The fraction of sp³-hybridized carbons (Fsp3) is 0.0769. The summed E-state index contributed by atoms with van der Waals surface area (Å²) in [6.07, 6.45) is 0. The number of halogens is 3. The van der Waals surface area contributed by atoms with Crippen molar-refractivity contribution in [1.29, 1.82) is 0 Å². The minimum absolute atomic E-state index is 0.222. The van der Waals surface area contributed by atoms with Gasteiger partial charge in [0.15, 0.2) is 0 Å². The summed E-state index contributed by atoms with van der Waals surface area (Å²) in [4.78, 5) is 0. The van der Waals surface area contributed by atoms with Crippen LogP contribution in [0.25, 0.3) is 0 Å². The van der Waals surface area contributed by atoms with Gasteiger partial charge in [-0.3, -0.25) is 0 Å². The standard InChI is InChI=1S/C13H10Cl3NO/c14-11-5-6-12(15)13(16)10(11)7-17-8-1-3-9(18)4-2-8/h1-6,17-18H,7H2. The van der Waals surface area contributed by atoms with Gasteiger partial charge in [0.25, 0.3) is 0 Å². The van der Waals surface area contributed by atoms with Crippen LogP contribution in [0.1, 0.15) is 5.56 Å². The van der Waals surface area contributed by atoms with Gasteiger partial charge in [0.2, 0.25) is 0 Å². The van der Waals surface area contributed by atoms with E-state index in [1.54, 1.807) is 36.4 Å². The molecule has 5 heteroatoms. The third kappa shape index (κ3) is 3.02. The fourth-order valence-corrected chi connectivity index (χ4v) is 2.18. The molecule has 0 aliphatic heterocycles. The minimum atomic E-state index is 0.222. The van der Waals surface area contributed by atoms with Crippen LogP contribution in [0.5, 0.6) is 5.75 Å². The summed E-state index contributed by atoms with van der Waals surface area (Å²) in [5.41, 5.74) is 1.61. The maximum Gasteiger partial charge on any atom is 0.115 e. The summed E-state index contributed by atoms with van der Waals surface area (Å²) in [7, 11) is 0. The predicted molar refractivity (Wildman–Crippen MR) is 76.9 cm³/mol. The number of phenols is 1. The Bertz CT molecular complexity index is 555. The number of hydrogen-bond acceptors (Lipinski definition) is 2. The zero-order valence-electron chi connectivity index (χ0n) is 9.25. The molecule has 2 N–H and O–H groups in total. The number of nitrogens with one attached hydrogen (secondary N) is 1. The molecule has 2 nitrogen and oxygen atoms in total. The van der Waals surface area contributed by atoms with Gasteiger partial charge in [-0.05, 0) is 36.4 Å². The first-order valence-corrected chi connectivity index (χ1v) is 6.36. The molecule has 0 aliphatic carbocycles. The van der Waals surface area contributed by atoms with E-state index in [-0.39, 0.29) is 5.75 Å².